The molecule has 0 aromatic carbocycles. The van der Waals surface area contributed by atoms with Crippen molar-refractivity contribution in [2.75, 3.05) is 0 Å². The van der Waals surface area contributed by atoms with Crippen molar-refractivity contribution in [3.8, 4) is 0 Å². The van der Waals surface area contributed by atoms with Gasteiger partial charge >= 0.3 is 0 Å². The number of rotatable bonds is 4. The molecular weight excluding hydrogens is 208 g/mol. The van der Waals surface area contributed by atoms with Gasteiger partial charge in [-0.15, -0.1) is 13.2 Å². The van der Waals surface area contributed by atoms with Gasteiger partial charge in [0.05, 0.1) is 0 Å². The van der Waals surface area contributed by atoms with Gasteiger partial charge in [0.2, 0.25) is 0 Å². The second-order valence-electron chi connectivity index (χ2n) is 5.73. The summed E-state index contributed by atoms with van der Waals surface area (Å²) in [5, 5.41) is 0. The summed E-state index contributed by atoms with van der Waals surface area (Å²) in [5.74, 6) is 1.26. The van der Waals surface area contributed by atoms with Crippen molar-refractivity contribution in [2.45, 2.75) is 33.1 Å². The van der Waals surface area contributed by atoms with E-state index >= 15 is 0 Å². The molecule has 0 aromatic rings. The zero-order valence-corrected chi connectivity index (χ0v) is 10.9. The molecule has 2 unspecified atom stereocenters. The first kappa shape index (κ1) is 12.3. The van der Waals surface area contributed by atoms with Crippen LogP contribution in [0.3, 0.4) is 0 Å². The SMILES string of the molecule is C=CCC[C@@]1(C)C(=O)C2C=C(C)C1C[C@@H]2C=C. The van der Waals surface area contributed by atoms with Crippen LogP contribution in [-0.4, -0.2) is 5.78 Å². The number of carbonyl (C=O) groups excluding carboxylic acids is 1. The molecule has 1 heteroatoms. The van der Waals surface area contributed by atoms with Crippen LogP contribution in [0.1, 0.15) is 33.1 Å². The molecule has 17 heavy (non-hydrogen) atoms. The highest BCUT2D eigenvalue weighted by Crippen LogP contribution is 2.54. The Balaban J connectivity index is 2.34. The highest BCUT2D eigenvalue weighted by molar-refractivity contribution is 5.91. The van der Waals surface area contributed by atoms with Crippen molar-refractivity contribution in [1.82, 2.24) is 0 Å². The van der Waals surface area contributed by atoms with Crippen molar-refractivity contribution in [1.29, 1.82) is 0 Å². The predicted octanol–water partition coefficient (Wildman–Crippen LogP) is 3.93. The smallest absolute Gasteiger partial charge is 0.146 e. The number of allylic oxidation sites excluding steroid dienone is 4. The lowest BCUT2D eigenvalue weighted by molar-refractivity contribution is -0.140. The summed E-state index contributed by atoms with van der Waals surface area (Å²) < 4.78 is 0. The van der Waals surface area contributed by atoms with E-state index < -0.39 is 0 Å². The van der Waals surface area contributed by atoms with Crippen molar-refractivity contribution in [2.24, 2.45) is 23.2 Å². The van der Waals surface area contributed by atoms with Crippen molar-refractivity contribution < 1.29 is 4.79 Å². The van der Waals surface area contributed by atoms with Gasteiger partial charge < -0.3 is 0 Å². The van der Waals surface area contributed by atoms with E-state index in [1.807, 2.05) is 12.2 Å². The molecule has 0 aliphatic heterocycles. The molecular formula is C16H22O. The van der Waals surface area contributed by atoms with E-state index in [-0.39, 0.29) is 11.3 Å². The predicted molar refractivity (Wildman–Crippen MR) is 71.6 cm³/mol. The van der Waals surface area contributed by atoms with E-state index in [2.05, 4.69) is 33.1 Å². The number of hydrogen-bond acceptors (Lipinski definition) is 1. The van der Waals surface area contributed by atoms with Gasteiger partial charge in [-0.25, -0.2) is 0 Å². The molecule has 0 N–H and O–H groups in total. The van der Waals surface area contributed by atoms with Gasteiger partial charge in [0, 0.05) is 11.3 Å². The van der Waals surface area contributed by atoms with Crippen LogP contribution in [0.25, 0.3) is 0 Å². The van der Waals surface area contributed by atoms with E-state index in [1.54, 1.807) is 0 Å². The zero-order valence-electron chi connectivity index (χ0n) is 10.9. The van der Waals surface area contributed by atoms with Gasteiger partial charge in [0.25, 0.3) is 0 Å². The first-order valence-electron chi connectivity index (χ1n) is 6.50. The van der Waals surface area contributed by atoms with E-state index in [4.69, 9.17) is 0 Å². The zero-order chi connectivity index (χ0) is 12.6. The lowest BCUT2D eigenvalue weighted by Gasteiger charge is -2.50. The third-order valence-electron chi connectivity index (χ3n) is 4.77. The molecule has 1 fully saturated rings. The summed E-state index contributed by atoms with van der Waals surface area (Å²) in [5.41, 5.74) is 1.23. The molecule has 3 aliphatic rings. The van der Waals surface area contributed by atoms with E-state index in [9.17, 15) is 4.79 Å². The number of carbonyl (C=O) groups is 1. The number of Topliss-reactive ketones (excluding diaryl/α,β-unsaturated/α-hetero) is 1. The number of ketones is 1. The van der Waals surface area contributed by atoms with Crippen LogP contribution in [-0.2, 0) is 4.79 Å². The molecule has 4 atom stereocenters. The average Bonchev–Trinajstić information content (AvgIpc) is 2.33. The standard InChI is InChI=1S/C16H22O/c1-5-7-8-16(4)14-10-12(6-2)13(15(16)17)9-11(14)3/h5-6,9,12-14H,1-2,7-8,10H2,3-4H3/t12-,13?,14?,16+/m0/s1. The maximum Gasteiger partial charge on any atom is 0.146 e. The van der Waals surface area contributed by atoms with Crippen LogP contribution in [0.15, 0.2) is 37.0 Å². The molecule has 92 valence electrons. The summed E-state index contributed by atoms with van der Waals surface area (Å²) >= 11 is 0. The molecule has 0 amide bonds. The van der Waals surface area contributed by atoms with Gasteiger partial charge in [-0.2, -0.15) is 0 Å². The molecule has 1 nitrogen and oxygen atoms in total. The lowest BCUT2D eigenvalue weighted by Crippen LogP contribution is -2.50. The molecule has 2 bridgehead atoms. The maximum absolute atomic E-state index is 12.6. The third-order valence-corrected chi connectivity index (χ3v) is 4.77. The van der Waals surface area contributed by atoms with Gasteiger partial charge in [-0.05, 0) is 38.0 Å². The summed E-state index contributed by atoms with van der Waals surface area (Å²) in [6, 6.07) is 0. The normalized spacial score (nSPS) is 40.0. The summed E-state index contributed by atoms with van der Waals surface area (Å²) in [7, 11) is 0. The second-order valence-corrected chi connectivity index (χ2v) is 5.73. The minimum atomic E-state index is -0.169. The van der Waals surface area contributed by atoms with Crippen LogP contribution in [0.5, 0.6) is 0 Å². The molecule has 0 radical (unpaired) electrons. The fraction of sp³-hybridized carbons (Fsp3) is 0.562. The fourth-order valence-corrected chi connectivity index (χ4v) is 3.66. The van der Waals surface area contributed by atoms with E-state index in [1.165, 1.54) is 5.57 Å². The second kappa shape index (κ2) is 4.29. The summed E-state index contributed by atoms with van der Waals surface area (Å²) in [6.07, 6.45) is 9.02. The molecule has 3 aliphatic carbocycles. The first-order chi connectivity index (χ1) is 8.04. The third kappa shape index (κ3) is 1.72. The topological polar surface area (TPSA) is 17.1 Å². The Bertz CT molecular complexity index is 390. The fourth-order valence-electron chi connectivity index (χ4n) is 3.66. The summed E-state index contributed by atoms with van der Waals surface area (Å²) in [4.78, 5) is 12.6. The highest BCUT2D eigenvalue weighted by Gasteiger charge is 2.53. The Labute approximate surface area is 104 Å². The molecule has 0 heterocycles. The van der Waals surface area contributed by atoms with Crippen LogP contribution >= 0.6 is 0 Å². The molecule has 0 saturated heterocycles. The molecule has 1 saturated carbocycles. The van der Waals surface area contributed by atoms with E-state index in [0.29, 0.717) is 17.6 Å². The Morgan fingerprint density at radius 1 is 1.53 bits per heavy atom. The average molecular weight is 230 g/mol. The van der Waals surface area contributed by atoms with Crippen LogP contribution in [0, 0.1) is 23.2 Å². The Morgan fingerprint density at radius 3 is 2.82 bits per heavy atom. The van der Waals surface area contributed by atoms with Crippen LogP contribution < -0.4 is 0 Å². The maximum atomic E-state index is 12.6. The Hall–Kier alpha value is -1.11. The van der Waals surface area contributed by atoms with Gasteiger partial charge in [-0.1, -0.05) is 30.7 Å². The van der Waals surface area contributed by atoms with Gasteiger partial charge in [0.1, 0.15) is 5.78 Å². The van der Waals surface area contributed by atoms with Crippen molar-refractivity contribution in [3.63, 3.8) is 0 Å². The highest BCUT2D eigenvalue weighted by atomic mass is 16.1. The Kier molecular flexibility index (Phi) is 3.11. The molecule has 3 rings (SSSR count). The lowest BCUT2D eigenvalue weighted by atomic mass is 9.52. The monoisotopic (exact) mass is 230 g/mol. The van der Waals surface area contributed by atoms with Crippen molar-refractivity contribution in [3.05, 3.63) is 37.0 Å². The van der Waals surface area contributed by atoms with Gasteiger partial charge in [0.15, 0.2) is 0 Å². The minimum absolute atomic E-state index is 0.0762. The summed E-state index contributed by atoms with van der Waals surface area (Å²) in [6.45, 7) is 12.0. The number of hydrogen-bond donors (Lipinski definition) is 0. The van der Waals surface area contributed by atoms with Crippen molar-refractivity contribution >= 4 is 5.78 Å². The van der Waals surface area contributed by atoms with Gasteiger partial charge in [-0.3, -0.25) is 4.79 Å². The van der Waals surface area contributed by atoms with Crippen LogP contribution in [0.4, 0.5) is 0 Å². The quantitative estimate of drug-likeness (QED) is 0.669. The van der Waals surface area contributed by atoms with Crippen LogP contribution in [0.2, 0.25) is 0 Å². The first-order valence-corrected chi connectivity index (χ1v) is 6.50. The number of fused-ring (bicyclic) bond motifs is 2. The largest absolute Gasteiger partial charge is 0.298 e. The van der Waals surface area contributed by atoms with E-state index in [0.717, 1.165) is 19.3 Å². The molecule has 0 spiro atoms. The minimum Gasteiger partial charge on any atom is -0.298 e. The Morgan fingerprint density at radius 2 is 2.24 bits per heavy atom. The molecule has 0 aromatic heterocycles.